The number of carbonyl (C=O) groups excluding carboxylic acids is 1. The molecule has 0 aliphatic rings. The lowest BCUT2D eigenvalue weighted by molar-refractivity contribution is -0.384. The average Bonchev–Trinajstić information content (AvgIpc) is 2.84. The lowest BCUT2D eigenvalue weighted by atomic mass is 10.1. The molecule has 0 heterocycles. The van der Waals surface area contributed by atoms with Gasteiger partial charge in [-0.3, -0.25) is 14.9 Å². The number of hydrogen-bond donors (Lipinski definition) is 1. The van der Waals surface area contributed by atoms with E-state index in [9.17, 15) is 20.2 Å². The highest BCUT2D eigenvalue weighted by molar-refractivity contribution is 9.10. The van der Waals surface area contributed by atoms with Gasteiger partial charge in [0.1, 0.15) is 23.3 Å². The minimum absolute atomic E-state index is 0.0602. The molecule has 0 aromatic heterocycles. The lowest BCUT2D eigenvalue weighted by Gasteiger charge is -2.13. The highest BCUT2D eigenvalue weighted by Crippen LogP contribution is 2.31. The van der Waals surface area contributed by atoms with Gasteiger partial charge < -0.3 is 14.8 Å². The Morgan fingerprint density at radius 1 is 1.14 bits per heavy atom. The fourth-order valence-electron chi connectivity index (χ4n) is 2.99. The first kappa shape index (κ1) is 25.7. The number of rotatable bonds is 9. The first-order valence-corrected chi connectivity index (χ1v) is 11.5. The third kappa shape index (κ3) is 7.06. The molecule has 178 valence electrons. The third-order valence-electron chi connectivity index (χ3n) is 4.65. The molecule has 35 heavy (non-hydrogen) atoms. The van der Waals surface area contributed by atoms with Crippen molar-refractivity contribution in [1.82, 2.24) is 0 Å². The van der Waals surface area contributed by atoms with Crippen LogP contribution in [0, 0.1) is 21.4 Å². The molecular formula is C25H19BrClN3O5. The monoisotopic (exact) mass is 555 g/mol. The second-order valence-corrected chi connectivity index (χ2v) is 8.42. The number of halogens is 2. The van der Waals surface area contributed by atoms with Crippen LogP contribution in [0.2, 0.25) is 5.02 Å². The fourth-order valence-corrected chi connectivity index (χ4v) is 3.44. The topological polar surface area (TPSA) is 114 Å². The van der Waals surface area contributed by atoms with Crippen molar-refractivity contribution in [3.05, 3.63) is 97.0 Å². The molecule has 10 heteroatoms. The van der Waals surface area contributed by atoms with E-state index in [0.29, 0.717) is 30.3 Å². The SMILES string of the molecule is CCOc1cc(/C=C(\C#N)C(=O)Nc2ccc(Cl)c([N+](=O)[O-])c2)ccc1OCc1ccc(Br)cc1. The normalized spacial score (nSPS) is 10.9. The zero-order valence-corrected chi connectivity index (χ0v) is 20.8. The van der Waals surface area contributed by atoms with Gasteiger partial charge in [-0.25, -0.2) is 0 Å². The van der Waals surface area contributed by atoms with Crippen molar-refractivity contribution in [3.63, 3.8) is 0 Å². The maximum atomic E-state index is 12.6. The van der Waals surface area contributed by atoms with Gasteiger partial charge in [-0.2, -0.15) is 5.26 Å². The van der Waals surface area contributed by atoms with E-state index < -0.39 is 10.8 Å². The van der Waals surface area contributed by atoms with Gasteiger partial charge in [0.15, 0.2) is 11.5 Å². The van der Waals surface area contributed by atoms with E-state index in [1.807, 2.05) is 37.3 Å². The van der Waals surface area contributed by atoms with E-state index in [-0.39, 0.29) is 22.0 Å². The molecule has 1 amide bonds. The van der Waals surface area contributed by atoms with Crippen LogP contribution in [-0.4, -0.2) is 17.4 Å². The number of amides is 1. The van der Waals surface area contributed by atoms with Crippen LogP contribution in [0.15, 0.2) is 70.7 Å². The van der Waals surface area contributed by atoms with Crippen LogP contribution in [0.4, 0.5) is 11.4 Å². The molecule has 0 fully saturated rings. The van der Waals surface area contributed by atoms with Gasteiger partial charge in [-0.05, 0) is 60.5 Å². The number of nitrogens with zero attached hydrogens (tertiary/aromatic N) is 2. The molecular weight excluding hydrogens is 538 g/mol. The molecule has 3 aromatic rings. The number of benzene rings is 3. The summed E-state index contributed by atoms with van der Waals surface area (Å²) in [4.78, 5) is 23.0. The van der Waals surface area contributed by atoms with Crippen LogP contribution >= 0.6 is 27.5 Å². The van der Waals surface area contributed by atoms with Gasteiger partial charge in [0.25, 0.3) is 11.6 Å². The Hall–Kier alpha value is -3.87. The van der Waals surface area contributed by atoms with Gasteiger partial charge in [0.05, 0.1) is 11.5 Å². The van der Waals surface area contributed by atoms with Crippen LogP contribution in [0.1, 0.15) is 18.1 Å². The van der Waals surface area contributed by atoms with Crippen molar-refractivity contribution in [2.24, 2.45) is 0 Å². The zero-order valence-electron chi connectivity index (χ0n) is 18.5. The van der Waals surface area contributed by atoms with E-state index in [2.05, 4.69) is 21.2 Å². The van der Waals surface area contributed by atoms with E-state index in [1.54, 1.807) is 18.2 Å². The predicted molar refractivity (Wildman–Crippen MR) is 136 cm³/mol. The molecule has 8 nitrogen and oxygen atoms in total. The smallest absolute Gasteiger partial charge is 0.289 e. The number of nitro benzene ring substituents is 1. The van der Waals surface area contributed by atoms with Crippen molar-refractivity contribution in [2.45, 2.75) is 13.5 Å². The third-order valence-corrected chi connectivity index (χ3v) is 5.50. The first-order valence-electron chi connectivity index (χ1n) is 10.3. The summed E-state index contributed by atoms with van der Waals surface area (Å²) in [7, 11) is 0. The summed E-state index contributed by atoms with van der Waals surface area (Å²) < 4.78 is 12.6. The summed E-state index contributed by atoms with van der Waals surface area (Å²) in [6.07, 6.45) is 1.39. The fraction of sp³-hybridized carbons (Fsp3) is 0.120. The van der Waals surface area contributed by atoms with Crippen LogP contribution in [0.25, 0.3) is 6.08 Å². The molecule has 0 aliphatic heterocycles. The molecule has 0 spiro atoms. The molecule has 0 saturated carbocycles. The standard InChI is InChI=1S/C25H19BrClN3O5/c1-2-34-24-12-17(5-10-23(24)35-15-16-3-6-19(26)7-4-16)11-18(14-28)25(31)29-20-8-9-21(27)22(13-20)30(32)33/h3-13H,2,15H2,1H3,(H,29,31)/b18-11+. The van der Waals surface area contributed by atoms with Crippen LogP contribution in [0.5, 0.6) is 11.5 Å². The van der Waals surface area contributed by atoms with Crippen molar-refractivity contribution in [2.75, 3.05) is 11.9 Å². The van der Waals surface area contributed by atoms with E-state index in [0.717, 1.165) is 16.1 Å². The molecule has 0 bridgehead atoms. The maximum absolute atomic E-state index is 12.6. The summed E-state index contributed by atoms with van der Waals surface area (Å²) >= 11 is 9.20. The van der Waals surface area contributed by atoms with E-state index >= 15 is 0 Å². The molecule has 0 unspecified atom stereocenters. The molecule has 3 rings (SSSR count). The van der Waals surface area contributed by atoms with E-state index in [1.165, 1.54) is 18.2 Å². The minimum atomic E-state index is -0.724. The number of hydrogen-bond acceptors (Lipinski definition) is 6. The van der Waals surface area contributed by atoms with Crippen molar-refractivity contribution < 1.29 is 19.2 Å². The number of carbonyl (C=O) groups is 1. The minimum Gasteiger partial charge on any atom is -0.490 e. The number of anilines is 1. The van der Waals surface area contributed by atoms with Gasteiger partial charge >= 0.3 is 0 Å². The molecule has 0 radical (unpaired) electrons. The number of ether oxygens (including phenoxy) is 2. The Morgan fingerprint density at radius 2 is 1.89 bits per heavy atom. The Labute approximate surface area is 215 Å². The molecule has 3 aromatic carbocycles. The number of nitro groups is 1. The maximum Gasteiger partial charge on any atom is 0.289 e. The molecule has 0 saturated heterocycles. The highest BCUT2D eigenvalue weighted by Gasteiger charge is 2.16. The first-order chi connectivity index (χ1) is 16.8. The summed E-state index contributed by atoms with van der Waals surface area (Å²) in [6.45, 7) is 2.56. The second-order valence-electron chi connectivity index (χ2n) is 7.10. The van der Waals surface area contributed by atoms with Crippen LogP contribution < -0.4 is 14.8 Å². The lowest BCUT2D eigenvalue weighted by Crippen LogP contribution is -2.13. The highest BCUT2D eigenvalue weighted by atomic mass is 79.9. The van der Waals surface area contributed by atoms with Gasteiger partial charge in [0, 0.05) is 16.2 Å². The number of nitriles is 1. The van der Waals surface area contributed by atoms with Crippen molar-refractivity contribution >= 4 is 50.9 Å². The van der Waals surface area contributed by atoms with Gasteiger partial charge in [0.2, 0.25) is 0 Å². The quantitative estimate of drug-likeness (QED) is 0.139. The van der Waals surface area contributed by atoms with Crippen LogP contribution in [0.3, 0.4) is 0 Å². The molecule has 0 atom stereocenters. The average molecular weight is 557 g/mol. The predicted octanol–water partition coefficient (Wildman–Crippen LogP) is 6.53. The Balaban J connectivity index is 1.79. The summed E-state index contributed by atoms with van der Waals surface area (Å²) in [5.41, 5.74) is 1.10. The van der Waals surface area contributed by atoms with Crippen LogP contribution in [-0.2, 0) is 11.4 Å². The van der Waals surface area contributed by atoms with Gasteiger partial charge in [-0.15, -0.1) is 0 Å². The van der Waals surface area contributed by atoms with Crippen molar-refractivity contribution in [1.29, 1.82) is 5.26 Å². The second kappa shape index (κ2) is 12.0. The molecule has 0 aliphatic carbocycles. The zero-order chi connectivity index (χ0) is 25.4. The largest absolute Gasteiger partial charge is 0.490 e. The van der Waals surface area contributed by atoms with Crippen molar-refractivity contribution in [3.8, 4) is 17.6 Å². The molecule has 1 N–H and O–H groups in total. The summed E-state index contributed by atoms with van der Waals surface area (Å²) in [5.74, 6) is 0.255. The summed E-state index contributed by atoms with van der Waals surface area (Å²) in [5, 5.41) is 23.0. The van der Waals surface area contributed by atoms with E-state index in [4.69, 9.17) is 21.1 Å². The Bertz CT molecular complexity index is 1320. The Kier molecular flexibility index (Phi) is 8.84. The Morgan fingerprint density at radius 3 is 2.54 bits per heavy atom. The number of nitrogens with one attached hydrogen (secondary N) is 1. The van der Waals surface area contributed by atoms with Gasteiger partial charge in [-0.1, -0.05) is 45.7 Å². The summed E-state index contributed by atoms with van der Waals surface area (Å²) in [6, 6.07) is 18.5.